The molecule has 2 rings (SSSR count). The van der Waals surface area contributed by atoms with Crippen LogP contribution in [0.2, 0.25) is 0 Å². The quantitative estimate of drug-likeness (QED) is 0.173. The molecule has 2 heterocycles. The maximum Gasteiger partial charge on any atom is 0.305 e. The number of hydrogen-bond donors (Lipinski definition) is 2. The molecule has 6 unspecified atom stereocenters. The number of carbonyl (C=O) groups excluding carboxylic acids is 8. The van der Waals surface area contributed by atoms with Gasteiger partial charge in [0.15, 0.2) is 24.6 Å². The van der Waals surface area contributed by atoms with Crippen LogP contribution in [0.3, 0.4) is 0 Å². The van der Waals surface area contributed by atoms with E-state index in [0.29, 0.717) is 0 Å². The van der Waals surface area contributed by atoms with E-state index < -0.39 is 122 Å². The van der Waals surface area contributed by atoms with Gasteiger partial charge >= 0.3 is 35.8 Å². The second-order valence-corrected chi connectivity index (χ2v) is 10.6. The third-order valence-corrected chi connectivity index (χ3v) is 6.41. The summed E-state index contributed by atoms with van der Waals surface area (Å²) in [4.78, 5) is 96.7. The van der Waals surface area contributed by atoms with Crippen molar-refractivity contribution in [3.63, 3.8) is 0 Å². The monoisotopic (exact) mass is 676 g/mol. The van der Waals surface area contributed by atoms with E-state index in [2.05, 4.69) is 10.6 Å². The topological polar surface area (TPSA) is 244 Å². The Morgan fingerprint density at radius 3 is 1.23 bits per heavy atom. The van der Waals surface area contributed by atoms with Crippen molar-refractivity contribution >= 4 is 47.6 Å². The zero-order valence-corrected chi connectivity index (χ0v) is 27.1. The molecule has 0 spiro atoms. The lowest BCUT2D eigenvalue weighted by Gasteiger charge is -2.49. The number of rotatable bonds is 12. The summed E-state index contributed by atoms with van der Waals surface area (Å²) in [7, 11) is 0. The fourth-order valence-corrected chi connectivity index (χ4v) is 4.95. The summed E-state index contributed by atoms with van der Waals surface area (Å²) in [5.41, 5.74) is 0. The minimum atomic E-state index is -1.69. The van der Waals surface area contributed by atoms with Gasteiger partial charge in [0.05, 0.1) is 0 Å². The molecule has 0 aromatic carbocycles. The van der Waals surface area contributed by atoms with Crippen LogP contribution in [0.25, 0.3) is 0 Å². The Morgan fingerprint density at radius 2 is 0.830 bits per heavy atom. The van der Waals surface area contributed by atoms with Gasteiger partial charge in [-0.15, -0.1) is 0 Å². The maximum absolute atomic E-state index is 12.4. The SMILES string of the molecule is CC(=O)NC1C(OC(C)=O)[C@H](O[C@@H]2OC(COC(C)=O)[C@@H](OC(C)=O)C(OC(C)=O)C2NC(C)=O)C(COC(C)=O)O[C@H]1OC(C)=O. The molecule has 0 radical (unpaired) electrons. The molecular formula is C28H40N2O17. The second-order valence-electron chi connectivity index (χ2n) is 10.6. The number of amides is 2. The molecule has 2 aliphatic rings. The molecule has 0 aromatic rings. The lowest BCUT2D eigenvalue weighted by Crippen LogP contribution is -2.70. The zero-order chi connectivity index (χ0) is 35.6. The van der Waals surface area contributed by atoms with E-state index in [9.17, 15) is 38.4 Å². The third kappa shape index (κ3) is 12.1. The Kier molecular flexibility index (Phi) is 14.5. The molecule has 19 heteroatoms. The van der Waals surface area contributed by atoms with Crippen molar-refractivity contribution in [3.05, 3.63) is 0 Å². The summed E-state index contributed by atoms with van der Waals surface area (Å²) >= 11 is 0. The van der Waals surface area contributed by atoms with Crippen LogP contribution in [0.5, 0.6) is 0 Å². The first-order valence-electron chi connectivity index (χ1n) is 14.4. The molecule has 2 saturated heterocycles. The molecule has 10 atom stereocenters. The van der Waals surface area contributed by atoms with Crippen LogP contribution < -0.4 is 10.6 Å². The Bertz CT molecular complexity index is 1210. The average molecular weight is 677 g/mol. The van der Waals surface area contributed by atoms with Crippen molar-refractivity contribution in [3.8, 4) is 0 Å². The van der Waals surface area contributed by atoms with Crippen LogP contribution in [-0.2, 0) is 81.0 Å². The lowest BCUT2D eigenvalue weighted by atomic mass is 9.94. The van der Waals surface area contributed by atoms with E-state index in [1.165, 1.54) is 0 Å². The van der Waals surface area contributed by atoms with E-state index in [-0.39, 0.29) is 0 Å². The standard InChI is InChI=1S/C28H40N2O17/c1-11(31)29-21-26(43-17(7)37)24(20(10-40-14(4)34)45-27(21)44-18(8)38)47-28-22(30-12(2)32)25(42-16(6)36)23(41-15(5)35)19(46-28)9-39-13(3)33/h19-28H,9-10H2,1-8H3,(H,29,31)(H,30,32)/t19?,20?,21?,22?,23-,24-,25?,26?,27-,28+/m1/s1. The largest absolute Gasteiger partial charge is 0.463 e. The summed E-state index contributed by atoms with van der Waals surface area (Å²) in [5, 5.41) is 5.02. The normalized spacial score (nSPS) is 30.0. The smallest absolute Gasteiger partial charge is 0.305 e. The van der Waals surface area contributed by atoms with Gasteiger partial charge in [0.25, 0.3) is 0 Å². The maximum atomic E-state index is 12.4. The van der Waals surface area contributed by atoms with Gasteiger partial charge in [-0.05, 0) is 0 Å². The highest BCUT2D eigenvalue weighted by Crippen LogP contribution is 2.33. The van der Waals surface area contributed by atoms with E-state index in [1.807, 2.05) is 0 Å². The molecule has 47 heavy (non-hydrogen) atoms. The molecule has 2 fully saturated rings. The number of ether oxygens (including phenoxy) is 9. The Labute approximate surface area is 269 Å². The van der Waals surface area contributed by atoms with Crippen LogP contribution in [0.1, 0.15) is 55.4 Å². The number of hydrogen-bond acceptors (Lipinski definition) is 17. The second kappa shape index (κ2) is 17.5. The lowest BCUT2D eigenvalue weighted by molar-refractivity contribution is -0.330. The van der Waals surface area contributed by atoms with E-state index in [1.54, 1.807) is 0 Å². The highest BCUT2D eigenvalue weighted by Gasteiger charge is 2.56. The summed E-state index contributed by atoms with van der Waals surface area (Å²) in [6.07, 6.45) is -12.1. The fourth-order valence-electron chi connectivity index (χ4n) is 4.95. The molecule has 0 bridgehead atoms. The fraction of sp³-hybridized carbons (Fsp3) is 0.714. The zero-order valence-electron chi connectivity index (χ0n) is 27.1. The van der Waals surface area contributed by atoms with Crippen LogP contribution in [0, 0.1) is 0 Å². The summed E-state index contributed by atoms with van der Waals surface area (Å²) in [6, 6.07) is -2.86. The summed E-state index contributed by atoms with van der Waals surface area (Å²) in [6.45, 7) is 7.56. The van der Waals surface area contributed by atoms with Crippen molar-refractivity contribution in [2.45, 2.75) is 117 Å². The Morgan fingerprint density at radius 1 is 0.468 bits per heavy atom. The van der Waals surface area contributed by atoms with Gasteiger partial charge in [-0.2, -0.15) is 0 Å². The predicted octanol–water partition coefficient (Wildman–Crippen LogP) is -1.68. The van der Waals surface area contributed by atoms with Crippen molar-refractivity contribution in [1.82, 2.24) is 10.6 Å². The Balaban J connectivity index is 2.73. The number of esters is 6. The first-order chi connectivity index (χ1) is 21.9. The average Bonchev–Trinajstić information content (AvgIpc) is 2.91. The number of carbonyl (C=O) groups is 8. The van der Waals surface area contributed by atoms with Gasteiger partial charge in [0, 0.05) is 55.4 Å². The van der Waals surface area contributed by atoms with E-state index in [4.69, 9.17) is 42.6 Å². The summed E-state index contributed by atoms with van der Waals surface area (Å²) in [5.74, 6) is -6.25. The van der Waals surface area contributed by atoms with Crippen LogP contribution >= 0.6 is 0 Å². The van der Waals surface area contributed by atoms with Gasteiger partial charge in [-0.3, -0.25) is 38.4 Å². The van der Waals surface area contributed by atoms with Gasteiger partial charge in [-0.1, -0.05) is 0 Å². The minimum absolute atomic E-state index is 0.549. The van der Waals surface area contributed by atoms with Crippen LogP contribution in [0.15, 0.2) is 0 Å². The first-order valence-corrected chi connectivity index (χ1v) is 14.4. The van der Waals surface area contributed by atoms with Crippen molar-refractivity contribution in [1.29, 1.82) is 0 Å². The predicted molar refractivity (Wildman–Crippen MR) is 149 cm³/mol. The van der Waals surface area contributed by atoms with Crippen molar-refractivity contribution in [2.75, 3.05) is 13.2 Å². The molecule has 2 aliphatic heterocycles. The van der Waals surface area contributed by atoms with Crippen molar-refractivity contribution < 1.29 is 81.0 Å². The highest BCUT2D eigenvalue weighted by atomic mass is 16.8. The molecule has 0 aliphatic carbocycles. The van der Waals surface area contributed by atoms with E-state index in [0.717, 1.165) is 55.4 Å². The molecule has 2 amide bonds. The van der Waals surface area contributed by atoms with Gasteiger partial charge in [-0.25, -0.2) is 0 Å². The first kappa shape index (κ1) is 38.8. The minimum Gasteiger partial charge on any atom is -0.463 e. The molecule has 264 valence electrons. The van der Waals surface area contributed by atoms with Gasteiger partial charge in [0.2, 0.25) is 18.1 Å². The highest BCUT2D eigenvalue weighted by molar-refractivity contribution is 5.74. The van der Waals surface area contributed by atoms with Crippen LogP contribution in [-0.4, -0.2) is 122 Å². The number of nitrogens with one attached hydrogen (secondary N) is 2. The van der Waals surface area contributed by atoms with Gasteiger partial charge in [0.1, 0.15) is 43.6 Å². The molecular weight excluding hydrogens is 636 g/mol. The Hall–Kier alpha value is -4.36. The van der Waals surface area contributed by atoms with Crippen molar-refractivity contribution in [2.24, 2.45) is 0 Å². The van der Waals surface area contributed by atoms with Crippen LogP contribution in [0.4, 0.5) is 0 Å². The molecule has 0 saturated carbocycles. The third-order valence-electron chi connectivity index (χ3n) is 6.41. The van der Waals surface area contributed by atoms with Gasteiger partial charge < -0.3 is 53.3 Å². The van der Waals surface area contributed by atoms with E-state index >= 15 is 0 Å². The molecule has 0 aromatic heterocycles. The summed E-state index contributed by atoms with van der Waals surface area (Å²) < 4.78 is 50.1. The molecule has 19 nitrogen and oxygen atoms in total. The molecule has 2 N–H and O–H groups in total.